The average molecular weight is 327 g/mol. The molecule has 0 saturated heterocycles. The van der Waals surface area contributed by atoms with Crippen LogP contribution in [-0.2, 0) is 0 Å². The number of ether oxygens (including phenoxy) is 2. The Morgan fingerprint density at radius 3 is 1.67 bits per heavy atom. The van der Waals surface area contributed by atoms with Crippen molar-refractivity contribution in [1.29, 1.82) is 0 Å². The standard InChI is InChI=1S/C21H29NO2/c1-22-19-13-15-21(16-14-19)24-18-10-5-3-2-4-9-17-23-20-11-7-6-8-12-20/h6-8,11-16,22H,2-5,9-10,17-18H2,1H3. The fourth-order valence-corrected chi connectivity index (χ4v) is 2.53. The van der Waals surface area contributed by atoms with Gasteiger partial charge >= 0.3 is 0 Å². The summed E-state index contributed by atoms with van der Waals surface area (Å²) in [4.78, 5) is 0. The third kappa shape index (κ3) is 7.40. The summed E-state index contributed by atoms with van der Waals surface area (Å²) in [6.07, 6.45) is 7.26. The normalized spacial score (nSPS) is 10.4. The van der Waals surface area contributed by atoms with Crippen LogP contribution in [0.2, 0.25) is 0 Å². The van der Waals surface area contributed by atoms with Gasteiger partial charge in [0.25, 0.3) is 0 Å². The summed E-state index contributed by atoms with van der Waals surface area (Å²) in [5, 5.41) is 3.10. The van der Waals surface area contributed by atoms with Crippen LogP contribution in [0.25, 0.3) is 0 Å². The summed E-state index contributed by atoms with van der Waals surface area (Å²) in [7, 11) is 1.92. The molecule has 0 fully saturated rings. The Labute approximate surface area is 146 Å². The second-order valence-electron chi connectivity index (χ2n) is 5.91. The van der Waals surface area contributed by atoms with E-state index in [9.17, 15) is 0 Å². The number of anilines is 1. The van der Waals surface area contributed by atoms with E-state index in [-0.39, 0.29) is 0 Å². The molecular formula is C21H29NO2. The van der Waals surface area contributed by atoms with Crippen LogP contribution in [0.15, 0.2) is 54.6 Å². The van der Waals surface area contributed by atoms with Crippen molar-refractivity contribution in [3.8, 4) is 11.5 Å². The number of hydrogen-bond acceptors (Lipinski definition) is 3. The topological polar surface area (TPSA) is 30.5 Å². The van der Waals surface area contributed by atoms with Crippen molar-refractivity contribution >= 4 is 5.69 Å². The van der Waals surface area contributed by atoms with Crippen LogP contribution in [0.1, 0.15) is 38.5 Å². The number of hydrogen-bond donors (Lipinski definition) is 1. The van der Waals surface area contributed by atoms with Crippen LogP contribution in [0.5, 0.6) is 11.5 Å². The molecule has 0 aliphatic carbocycles. The second kappa shape index (κ2) is 11.4. The molecule has 2 rings (SSSR count). The largest absolute Gasteiger partial charge is 0.494 e. The van der Waals surface area contributed by atoms with E-state index in [4.69, 9.17) is 9.47 Å². The molecule has 0 atom stereocenters. The fraction of sp³-hybridized carbons (Fsp3) is 0.429. The molecule has 0 unspecified atom stereocenters. The fourth-order valence-electron chi connectivity index (χ4n) is 2.53. The van der Waals surface area contributed by atoms with E-state index in [1.54, 1.807) is 0 Å². The third-order valence-corrected chi connectivity index (χ3v) is 3.96. The van der Waals surface area contributed by atoms with Crippen LogP contribution in [0, 0.1) is 0 Å². The van der Waals surface area contributed by atoms with E-state index in [1.807, 2.05) is 61.6 Å². The zero-order chi connectivity index (χ0) is 16.9. The van der Waals surface area contributed by atoms with Gasteiger partial charge in [0.15, 0.2) is 0 Å². The van der Waals surface area contributed by atoms with Gasteiger partial charge in [-0.1, -0.05) is 43.9 Å². The van der Waals surface area contributed by atoms with Gasteiger partial charge in [-0.05, 0) is 49.2 Å². The maximum atomic E-state index is 5.75. The second-order valence-corrected chi connectivity index (χ2v) is 5.91. The Hall–Kier alpha value is -2.16. The van der Waals surface area contributed by atoms with Gasteiger partial charge in [-0.25, -0.2) is 0 Å². The Bertz CT molecular complexity index is 540. The van der Waals surface area contributed by atoms with Crippen molar-refractivity contribution in [1.82, 2.24) is 0 Å². The molecule has 2 aromatic carbocycles. The number of benzene rings is 2. The highest BCUT2D eigenvalue weighted by atomic mass is 16.5. The molecular weight excluding hydrogens is 298 g/mol. The molecule has 130 valence electrons. The Kier molecular flexibility index (Phi) is 8.63. The van der Waals surface area contributed by atoms with Gasteiger partial charge in [-0.2, -0.15) is 0 Å². The van der Waals surface area contributed by atoms with Crippen molar-refractivity contribution in [3.63, 3.8) is 0 Å². The van der Waals surface area contributed by atoms with Crippen molar-refractivity contribution in [2.75, 3.05) is 25.6 Å². The molecule has 1 N–H and O–H groups in total. The van der Waals surface area contributed by atoms with Gasteiger partial charge in [0.1, 0.15) is 11.5 Å². The van der Waals surface area contributed by atoms with Crippen LogP contribution in [0.3, 0.4) is 0 Å². The summed E-state index contributed by atoms with van der Waals surface area (Å²) < 4.78 is 11.4. The third-order valence-electron chi connectivity index (χ3n) is 3.96. The monoisotopic (exact) mass is 327 g/mol. The minimum absolute atomic E-state index is 0.802. The van der Waals surface area contributed by atoms with Crippen LogP contribution >= 0.6 is 0 Å². The van der Waals surface area contributed by atoms with Crippen molar-refractivity contribution in [3.05, 3.63) is 54.6 Å². The lowest BCUT2D eigenvalue weighted by atomic mass is 10.1. The summed E-state index contributed by atoms with van der Waals surface area (Å²) in [6, 6.07) is 18.1. The molecule has 0 saturated carbocycles. The lowest BCUT2D eigenvalue weighted by Gasteiger charge is -2.07. The molecule has 3 nitrogen and oxygen atoms in total. The SMILES string of the molecule is CNc1ccc(OCCCCCCCCOc2ccccc2)cc1. The highest BCUT2D eigenvalue weighted by Crippen LogP contribution is 2.16. The van der Waals surface area contributed by atoms with Gasteiger partial charge in [0.2, 0.25) is 0 Å². The highest BCUT2D eigenvalue weighted by molar-refractivity contribution is 5.45. The Morgan fingerprint density at radius 2 is 1.12 bits per heavy atom. The highest BCUT2D eigenvalue weighted by Gasteiger charge is 1.96. The van der Waals surface area contributed by atoms with Gasteiger partial charge in [-0.3, -0.25) is 0 Å². The minimum atomic E-state index is 0.802. The minimum Gasteiger partial charge on any atom is -0.494 e. The molecule has 24 heavy (non-hydrogen) atoms. The molecule has 0 aliphatic rings. The van der Waals surface area contributed by atoms with E-state index >= 15 is 0 Å². The smallest absolute Gasteiger partial charge is 0.119 e. The first-order chi connectivity index (χ1) is 11.9. The molecule has 0 amide bonds. The number of nitrogens with one attached hydrogen (secondary N) is 1. The summed E-state index contributed by atoms with van der Waals surface area (Å²) in [5.41, 5.74) is 1.11. The first-order valence-corrected chi connectivity index (χ1v) is 8.97. The summed E-state index contributed by atoms with van der Waals surface area (Å²) >= 11 is 0. The van der Waals surface area contributed by atoms with E-state index in [1.165, 1.54) is 25.7 Å². The van der Waals surface area contributed by atoms with Crippen LogP contribution in [0.4, 0.5) is 5.69 Å². The van der Waals surface area contributed by atoms with Crippen LogP contribution < -0.4 is 14.8 Å². The molecule has 0 aromatic heterocycles. The maximum Gasteiger partial charge on any atom is 0.119 e. The lowest BCUT2D eigenvalue weighted by molar-refractivity contribution is 0.297. The zero-order valence-electron chi connectivity index (χ0n) is 14.7. The Balaban J connectivity index is 1.40. The predicted molar refractivity (Wildman–Crippen MR) is 101 cm³/mol. The van der Waals surface area contributed by atoms with Gasteiger partial charge in [0.05, 0.1) is 13.2 Å². The molecule has 0 radical (unpaired) electrons. The van der Waals surface area contributed by atoms with E-state index in [0.717, 1.165) is 43.2 Å². The first-order valence-electron chi connectivity index (χ1n) is 8.97. The number of rotatable bonds is 12. The van der Waals surface area contributed by atoms with Gasteiger partial charge in [0, 0.05) is 12.7 Å². The van der Waals surface area contributed by atoms with Gasteiger partial charge in [-0.15, -0.1) is 0 Å². The molecule has 3 heteroatoms. The van der Waals surface area contributed by atoms with Crippen molar-refractivity contribution < 1.29 is 9.47 Å². The van der Waals surface area contributed by atoms with E-state index < -0.39 is 0 Å². The quantitative estimate of drug-likeness (QED) is 0.520. The van der Waals surface area contributed by atoms with E-state index in [2.05, 4.69) is 5.32 Å². The van der Waals surface area contributed by atoms with Crippen molar-refractivity contribution in [2.45, 2.75) is 38.5 Å². The predicted octanol–water partition coefficient (Wildman–Crippen LogP) is 5.53. The maximum absolute atomic E-state index is 5.75. The molecule has 0 aliphatic heterocycles. The molecule has 0 heterocycles. The van der Waals surface area contributed by atoms with Gasteiger partial charge < -0.3 is 14.8 Å². The molecule has 0 bridgehead atoms. The van der Waals surface area contributed by atoms with Crippen LogP contribution in [-0.4, -0.2) is 20.3 Å². The lowest BCUT2D eigenvalue weighted by Crippen LogP contribution is -1.98. The summed E-state index contributed by atoms with van der Waals surface area (Å²) in [6.45, 7) is 1.62. The summed E-state index contributed by atoms with van der Waals surface area (Å²) in [5.74, 6) is 1.92. The zero-order valence-corrected chi connectivity index (χ0v) is 14.7. The van der Waals surface area contributed by atoms with E-state index in [0.29, 0.717) is 0 Å². The number of unbranched alkanes of at least 4 members (excludes halogenated alkanes) is 5. The Morgan fingerprint density at radius 1 is 0.625 bits per heavy atom. The molecule has 0 spiro atoms. The molecule has 2 aromatic rings. The number of para-hydroxylation sites is 1. The first kappa shape index (κ1) is 18.2. The average Bonchev–Trinajstić information content (AvgIpc) is 2.64. The van der Waals surface area contributed by atoms with Crippen molar-refractivity contribution in [2.24, 2.45) is 0 Å².